The number of hydrogen-bond acceptors (Lipinski definition) is 4. The van der Waals surface area contributed by atoms with Crippen molar-refractivity contribution in [2.75, 3.05) is 19.7 Å². The number of aryl methyl sites for hydroxylation is 1. The molecule has 1 aliphatic rings. The van der Waals surface area contributed by atoms with Crippen LogP contribution in [-0.2, 0) is 10.0 Å². The summed E-state index contributed by atoms with van der Waals surface area (Å²) >= 11 is 0. The summed E-state index contributed by atoms with van der Waals surface area (Å²) < 4.78 is 32.1. The molecule has 2 N–H and O–H groups in total. The lowest BCUT2D eigenvalue weighted by Crippen LogP contribution is -2.45. The van der Waals surface area contributed by atoms with Crippen molar-refractivity contribution in [1.82, 2.24) is 4.31 Å². The molecular weight excluding hydrogens is 276 g/mol. The van der Waals surface area contributed by atoms with Crippen LogP contribution < -0.4 is 10.5 Å². The van der Waals surface area contributed by atoms with E-state index < -0.39 is 10.0 Å². The highest BCUT2D eigenvalue weighted by atomic mass is 32.2. The second-order valence-corrected chi connectivity index (χ2v) is 7.06. The van der Waals surface area contributed by atoms with Crippen LogP contribution in [0.25, 0.3) is 0 Å². The molecule has 1 aromatic carbocycles. The molecule has 0 unspecified atom stereocenters. The van der Waals surface area contributed by atoms with Gasteiger partial charge in [0.25, 0.3) is 0 Å². The van der Waals surface area contributed by atoms with Crippen LogP contribution in [0.1, 0.15) is 25.3 Å². The van der Waals surface area contributed by atoms with Crippen LogP contribution in [0.4, 0.5) is 0 Å². The number of piperidine rings is 1. The average Bonchev–Trinajstić information content (AvgIpc) is 2.41. The first-order valence-corrected chi connectivity index (χ1v) is 8.38. The second kappa shape index (κ2) is 6.11. The Hall–Kier alpha value is -1.11. The molecule has 1 aromatic rings. The largest absolute Gasteiger partial charge is 0.494 e. The van der Waals surface area contributed by atoms with Gasteiger partial charge in [-0.2, -0.15) is 4.31 Å². The maximum absolute atomic E-state index is 12.6. The highest BCUT2D eigenvalue weighted by Gasteiger charge is 2.29. The zero-order chi connectivity index (χ0) is 14.8. The van der Waals surface area contributed by atoms with Crippen molar-refractivity contribution in [3.05, 3.63) is 23.8 Å². The fraction of sp³-hybridized carbons (Fsp3) is 0.571. The van der Waals surface area contributed by atoms with Crippen molar-refractivity contribution in [2.24, 2.45) is 5.73 Å². The molecule has 0 aliphatic carbocycles. The van der Waals surface area contributed by atoms with Crippen LogP contribution in [0.2, 0.25) is 0 Å². The first-order valence-electron chi connectivity index (χ1n) is 6.94. The first kappa shape index (κ1) is 15.3. The molecule has 0 aromatic heterocycles. The van der Waals surface area contributed by atoms with Gasteiger partial charge < -0.3 is 10.5 Å². The molecule has 1 fully saturated rings. The molecule has 2 rings (SSSR count). The van der Waals surface area contributed by atoms with Gasteiger partial charge in [-0.25, -0.2) is 8.42 Å². The first-order chi connectivity index (χ1) is 9.45. The number of nitrogens with zero attached hydrogens (tertiary/aromatic N) is 1. The Bertz CT molecular complexity index is 572. The Morgan fingerprint density at radius 2 is 2.20 bits per heavy atom. The van der Waals surface area contributed by atoms with Crippen molar-refractivity contribution in [3.8, 4) is 5.75 Å². The highest BCUT2D eigenvalue weighted by Crippen LogP contribution is 2.25. The smallest absolute Gasteiger partial charge is 0.243 e. The van der Waals surface area contributed by atoms with Crippen LogP contribution in [0.5, 0.6) is 5.75 Å². The molecule has 0 bridgehead atoms. The SMILES string of the molecule is CCOc1ccc(S(=O)(=O)N2CCC[C@@H](N)C2)cc1C. The van der Waals surface area contributed by atoms with E-state index in [1.807, 2.05) is 13.8 Å². The number of rotatable bonds is 4. The van der Waals surface area contributed by atoms with E-state index in [0.29, 0.717) is 24.6 Å². The highest BCUT2D eigenvalue weighted by molar-refractivity contribution is 7.89. The lowest BCUT2D eigenvalue weighted by Gasteiger charge is -2.30. The minimum absolute atomic E-state index is 0.0673. The van der Waals surface area contributed by atoms with Crippen LogP contribution in [0, 0.1) is 6.92 Å². The Kier molecular flexibility index (Phi) is 4.67. The van der Waals surface area contributed by atoms with Crippen LogP contribution in [0.15, 0.2) is 23.1 Å². The van der Waals surface area contributed by atoms with Gasteiger partial charge >= 0.3 is 0 Å². The molecule has 0 radical (unpaired) electrons. The lowest BCUT2D eigenvalue weighted by molar-refractivity contribution is 0.316. The van der Waals surface area contributed by atoms with Crippen molar-refractivity contribution >= 4 is 10.0 Å². The molecule has 112 valence electrons. The van der Waals surface area contributed by atoms with Gasteiger partial charge in [0.05, 0.1) is 11.5 Å². The molecule has 5 nitrogen and oxygen atoms in total. The zero-order valence-corrected chi connectivity index (χ0v) is 12.8. The molecule has 20 heavy (non-hydrogen) atoms. The normalized spacial score (nSPS) is 20.9. The summed E-state index contributed by atoms with van der Waals surface area (Å²) in [4.78, 5) is 0.313. The van der Waals surface area contributed by atoms with Gasteiger partial charge in [-0.3, -0.25) is 0 Å². The minimum Gasteiger partial charge on any atom is -0.494 e. The predicted molar refractivity (Wildman–Crippen MR) is 78.3 cm³/mol. The number of nitrogens with two attached hydrogens (primary N) is 1. The van der Waals surface area contributed by atoms with Crippen LogP contribution in [0.3, 0.4) is 0 Å². The van der Waals surface area contributed by atoms with E-state index in [2.05, 4.69) is 0 Å². The van der Waals surface area contributed by atoms with Gasteiger partial charge in [0, 0.05) is 19.1 Å². The predicted octanol–water partition coefficient (Wildman–Crippen LogP) is 1.51. The van der Waals surface area contributed by atoms with E-state index in [0.717, 1.165) is 24.2 Å². The van der Waals surface area contributed by atoms with Crippen molar-refractivity contribution in [2.45, 2.75) is 37.6 Å². The number of benzene rings is 1. The molecule has 0 amide bonds. The molecule has 1 aliphatic heterocycles. The van der Waals surface area contributed by atoms with Gasteiger partial charge in [-0.1, -0.05) is 0 Å². The molecule has 0 saturated carbocycles. The third kappa shape index (κ3) is 3.13. The Morgan fingerprint density at radius 1 is 1.45 bits per heavy atom. The standard InChI is InChI=1S/C14H22N2O3S/c1-3-19-14-7-6-13(9-11(14)2)20(17,18)16-8-4-5-12(15)10-16/h6-7,9,12H,3-5,8,10,15H2,1-2H3/t12-/m1/s1. The third-order valence-electron chi connectivity index (χ3n) is 3.50. The molecule has 1 saturated heterocycles. The van der Waals surface area contributed by atoms with Crippen molar-refractivity contribution < 1.29 is 13.2 Å². The van der Waals surface area contributed by atoms with Crippen LogP contribution >= 0.6 is 0 Å². The summed E-state index contributed by atoms with van der Waals surface area (Å²) in [5.74, 6) is 0.724. The lowest BCUT2D eigenvalue weighted by atomic mass is 10.1. The fourth-order valence-electron chi connectivity index (χ4n) is 2.44. The van der Waals surface area contributed by atoms with E-state index in [1.165, 1.54) is 4.31 Å². The van der Waals surface area contributed by atoms with Gasteiger partial charge in [-0.15, -0.1) is 0 Å². The summed E-state index contributed by atoms with van der Waals surface area (Å²) in [6.45, 7) is 5.26. The van der Waals surface area contributed by atoms with E-state index >= 15 is 0 Å². The van der Waals surface area contributed by atoms with Gasteiger partial charge in [-0.05, 0) is 50.5 Å². The summed E-state index contributed by atoms with van der Waals surface area (Å²) in [5, 5.41) is 0. The molecule has 1 atom stereocenters. The van der Waals surface area contributed by atoms with Crippen molar-refractivity contribution in [3.63, 3.8) is 0 Å². The maximum Gasteiger partial charge on any atom is 0.243 e. The monoisotopic (exact) mass is 298 g/mol. The average molecular weight is 298 g/mol. The fourth-order valence-corrected chi connectivity index (χ4v) is 4.06. The summed E-state index contributed by atoms with van der Waals surface area (Å²) in [6.07, 6.45) is 1.70. The molecular formula is C14H22N2O3S. The molecule has 0 spiro atoms. The van der Waals surface area contributed by atoms with E-state index in [1.54, 1.807) is 18.2 Å². The number of ether oxygens (including phenoxy) is 1. The second-order valence-electron chi connectivity index (χ2n) is 5.13. The van der Waals surface area contributed by atoms with Gasteiger partial charge in [0.2, 0.25) is 10.0 Å². The number of sulfonamides is 1. The quantitative estimate of drug-likeness (QED) is 0.914. The number of hydrogen-bond donors (Lipinski definition) is 1. The Balaban J connectivity index is 2.27. The van der Waals surface area contributed by atoms with E-state index in [-0.39, 0.29) is 6.04 Å². The summed E-state index contributed by atoms with van der Waals surface area (Å²) in [6, 6.07) is 4.92. The Morgan fingerprint density at radius 3 is 2.80 bits per heavy atom. The van der Waals surface area contributed by atoms with E-state index in [4.69, 9.17) is 10.5 Å². The summed E-state index contributed by atoms with van der Waals surface area (Å²) in [7, 11) is -3.45. The topological polar surface area (TPSA) is 72.6 Å². The minimum atomic E-state index is -3.45. The Labute approximate surface area is 120 Å². The van der Waals surface area contributed by atoms with Gasteiger partial charge in [0.1, 0.15) is 5.75 Å². The third-order valence-corrected chi connectivity index (χ3v) is 5.37. The van der Waals surface area contributed by atoms with Crippen LogP contribution in [-0.4, -0.2) is 38.5 Å². The maximum atomic E-state index is 12.6. The zero-order valence-electron chi connectivity index (χ0n) is 12.0. The molecule has 6 heteroatoms. The molecule has 1 heterocycles. The van der Waals surface area contributed by atoms with Crippen molar-refractivity contribution in [1.29, 1.82) is 0 Å². The van der Waals surface area contributed by atoms with Gasteiger partial charge in [0.15, 0.2) is 0 Å². The van der Waals surface area contributed by atoms with E-state index in [9.17, 15) is 8.42 Å². The summed E-state index contributed by atoms with van der Waals surface area (Å²) in [5.41, 5.74) is 6.70.